The average Bonchev–Trinajstić information content (AvgIpc) is 2.98. The van der Waals surface area contributed by atoms with Crippen molar-refractivity contribution in [3.8, 4) is 5.75 Å². The number of carbonyl (C=O) groups excluding carboxylic acids is 3. The van der Waals surface area contributed by atoms with E-state index >= 15 is 0 Å². The van der Waals surface area contributed by atoms with Crippen LogP contribution < -0.4 is 20.7 Å². The van der Waals surface area contributed by atoms with E-state index in [1.54, 1.807) is 45.0 Å². The van der Waals surface area contributed by atoms with Gasteiger partial charge in [0.25, 0.3) is 0 Å². The molecule has 3 aromatic rings. The van der Waals surface area contributed by atoms with E-state index in [1.165, 1.54) is 18.2 Å². The van der Waals surface area contributed by atoms with Gasteiger partial charge in [0.05, 0.1) is 0 Å². The smallest absolute Gasteiger partial charge is 0.408 e. The topological polar surface area (TPSA) is 180 Å². The van der Waals surface area contributed by atoms with Gasteiger partial charge in [-0.1, -0.05) is 66.7 Å². The molecule has 0 aliphatic carbocycles. The first-order chi connectivity index (χ1) is 21.3. The van der Waals surface area contributed by atoms with E-state index in [0.29, 0.717) is 5.56 Å². The molecular formula is C33H37N3O9. The van der Waals surface area contributed by atoms with Crippen LogP contribution in [0.1, 0.15) is 47.8 Å². The van der Waals surface area contributed by atoms with Crippen molar-refractivity contribution >= 4 is 29.8 Å². The normalized spacial score (nSPS) is 12.2. The van der Waals surface area contributed by atoms with E-state index in [1.807, 2.05) is 36.4 Å². The number of carboxylic acid groups (broad SMARTS) is 2. The molecule has 0 heterocycles. The van der Waals surface area contributed by atoms with Crippen LogP contribution in [-0.2, 0) is 38.5 Å². The second kappa shape index (κ2) is 15.9. The van der Waals surface area contributed by atoms with Gasteiger partial charge in [0.2, 0.25) is 11.8 Å². The molecule has 12 heteroatoms. The standard InChI is InChI=1S/C33H37N3O9/c1-33(2,3)45-32(43)36-26(17-21-10-6-4-7-11-21)30(40)35-25(29(39)34-19-22-12-8-5-9-13-22)18-23-14-15-27(44-20-28(37)38)24(16-23)31(41)42/h4-16,25-26H,17-20H2,1-3H3,(H,34,39)(H,35,40)(H,36,43)(H,37,38)(H,41,42)/t25-,26-/m0/s1. The Balaban J connectivity index is 1.89. The number of hydrogen-bond acceptors (Lipinski definition) is 7. The molecule has 238 valence electrons. The van der Waals surface area contributed by atoms with E-state index in [4.69, 9.17) is 14.6 Å². The largest absolute Gasteiger partial charge is 0.481 e. The summed E-state index contributed by atoms with van der Waals surface area (Å²) >= 11 is 0. The first-order valence-electron chi connectivity index (χ1n) is 14.2. The summed E-state index contributed by atoms with van der Waals surface area (Å²) in [5.74, 6) is -4.02. The van der Waals surface area contributed by atoms with E-state index in [-0.39, 0.29) is 30.7 Å². The summed E-state index contributed by atoms with van der Waals surface area (Å²) in [6.45, 7) is 4.49. The Kier molecular flexibility index (Phi) is 12.0. The van der Waals surface area contributed by atoms with Crippen LogP contribution in [0.25, 0.3) is 0 Å². The average molecular weight is 620 g/mol. The Labute approximate surface area is 260 Å². The van der Waals surface area contributed by atoms with Crippen molar-refractivity contribution in [2.75, 3.05) is 6.61 Å². The van der Waals surface area contributed by atoms with Crippen LogP contribution >= 0.6 is 0 Å². The molecule has 0 fully saturated rings. The van der Waals surface area contributed by atoms with Gasteiger partial charge >= 0.3 is 18.0 Å². The van der Waals surface area contributed by atoms with Gasteiger partial charge < -0.3 is 35.6 Å². The Bertz CT molecular complexity index is 1490. The highest BCUT2D eigenvalue weighted by Crippen LogP contribution is 2.22. The first kappa shape index (κ1) is 34.1. The van der Waals surface area contributed by atoms with Gasteiger partial charge in [0, 0.05) is 19.4 Å². The zero-order valence-corrected chi connectivity index (χ0v) is 25.2. The van der Waals surface area contributed by atoms with Crippen molar-refractivity contribution in [1.29, 1.82) is 0 Å². The SMILES string of the molecule is CC(C)(C)OC(=O)N[C@@H](Cc1ccccc1)C(=O)N[C@@H](Cc1ccc(OCC(=O)O)c(C(=O)O)c1)C(=O)NCc1ccccc1. The maximum Gasteiger partial charge on any atom is 0.408 e. The number of carbonyl (C=O) groups is 5. The third-order valence-corrected chi connectivity index (χ3v) is 6.30. The van der Waals surface area contributed by atoms with Crippen molar-refractivity contribution in [2.24, 2.45) is 0 Å². The maximum atomic E-state index is 13.7. The van der Waals surface area contributed by atoms with Gasteiger partial charge in [-0.05, 0) is 49.6 Å². The number of alkyl carbamates (subject to hydrolysis) is 1. The van der Waals surface area contributed by atoms with Gasteiger partial charge in [0.15, 0.2) is 6.61 Å². The van der Waals surface area contributed by atoms with Crippen LogP contribution in [0.2, 0.25) is 0 Å². The number of ether oxygens (including phenoxy) is 2. The lowest BCUT2D eigenvalue weighted by atomic mass is 10.0. The molecule has 12 nitrogen and oxygen atoms in total. The molecule has 0 saturated carbocycles. The van der Waals surface area contributed by atoms with Crippen LogP contribution in [0.3, 0.4) is 0 Å². The number of rotatable bonds is 14. The van der Waals surface area contributed by atoms with Crippen molar-refractivity contribution in [3.05, 3.63) is 101 Å². The summed E-state index contributed by atoms with van der Waals surface area (Å²) in [5.41, 5.74) is 0.798. The molecule has 2 atom stereocenters. The minimum atomic E-state index is -1.36. The summed E-state index contributed by atoms with van der Waals surface area (Å²) in [4.78, 5) is 62.6. The van der Waals surface area contributed by atoms with E-state index in [0.717, 1.165) is 11.1 Å². The summed E-state index contributed by atoms with van der Waals surface area (Å²) < 4.78 is 10.5. The molecule has 0 aromatic heterocycles. The zero-order valence-electron chi connectivity index (χ0n) is 25.2. The fraction of sp³-hybridized carbons (Fsp3) is 0.303. The summed E-state index contributed by atoms with van der Waals surface area (Å²) in [5, 5.41) is 26.7. The Hall–Kier alpha value is -5.39. The zero-order chi connectivity index (χ0) is 33.0. The van der Waals surface area contributed by atoms with Crippen LogP contribution in [0.4, 0.5) is 4.79 Å². The lowest BCUT2D eigenvalue weighted by molar-refractivity contribution is -0.139. The molecule has 0 aliphatic rings. The molecule has 0 radical (unpaired) electrons. The van der Waals surface area contributed by atoms with Gasteiger partial charge in [-0.15, -0.1) is 0 Å². The molecule has 5 N–H and O–H groups in total. The van der Waals surface area contributed by atoms with Crippen molar-refractivity contribution in [2.45, 2.75) is 57.8 Å². The molecule has 0 spiro atoms. The predicted molar refractivity (Wildman–Crippen MR) is 164 cm³/mol. The highest BCUT2D eigenvalue weighted by atomic mass is 16.6. The number of aromatic carboxylic acids is 1. The van der Waals surface area contributed by atoms with E-state index in [2.05, 4.69) is 16.0 Å². The molecule has 0 bridgehead atoms. The molecule has 3 aromatic carbocycles. The van der Waals surface area contributed by atoms with Gasteiger partial charge in [-0.25, -0.2) is 14.4 Å². The van der Waals surface area contributed by atoms with E-state index < -0.39 is 54.1 Å². The lowest BCUT2D eigenvalue weighted by Gasteiger charge is -2.25. The summed E-state index contributed by atoms with van der Waals surface area (Å²) in [6, 6.07) is 19.8. The van der Waals surface area contributed by atoms with Crippen molar-refractivity contribution in [3.63, 3.8) is 0 Å². The third kappa shape index (κ3) is 11.7. The minimum absolute atomic E-state index is 0.100. The predicted octanol–water partition coefficient (Wildman–Crippen LogP) is 3.33. The highest BCUT2D eigenvalue weighted by molar-refractivity contribution is 5.93. The fourth-order valence-corrected chi connectivity index (χ4v) is 4.27. The number of benzene rings is 3. The molecule has 3 rings (SSSR count). The summed E-state index contributed by atoms with van der Waals surface area (Å²) in [7, 11) is 0. The Morgan fingerprint density at radius 2 is 1.31 bits per heavy atom. The molecule has 3 amide bonds. The van der Waals surface area contributed by atoms with Crippen LogP contribution in [0.15, 0.2) is 78.9 Å². The van der Waals surface area contributed by atoms with Gasteiger partial charge in [-0.3, -0.25) is 9.59 Å². The molecule has 0 unspecified atom stereocenters. The van der Waals surface area contributed by atoms with Crippen LogP contribution in [0.5, 0.6) is 5.75 Å². The summed E-state index contributed by atoms with van der Waals surface area (Å²) in [6.07, 6.45) is -0.842. The van der Waals surface area contributed by atoms with Gasteiger partial charge in [-0.2, -0.15) is 0 Å². The Morgan fingerprint density at radius 3 is 1.89 bits per heavy atom. The minimum Gasteiger partial charge on any atom is -0.481 e. The maximum absolute atomic E-state index is 13.7. The second-order valence-corrected chi connectivity index (χ2v) is 11.2. The number of aliphatic carboxylic acids is 1. The monoisotopic (exact) mass is 619 g/mol. The first-order valence-corrected chi connectivity index (χ1v) is 14.2. The number of hydrogen-bond donors (Lipinski definition) is 5. The van der Waals surface area contributed by atoms with Crippen molar-refractivity contribution in [1.82, 2.24) is 16.0 Å². The van der Waals surface area contributed by atoms with Crippen molar-refractivity contribution < 1.29 is 43.7 Å². The molecule has 0 saturated heterocycles. The van der Waals surface area contributed by atoms with Crippen LogP contribution in [0, 0.1) is 0 Å². The highest BCUT2D eigenvalue weighted by Gasteiger charge is 2.29. The number of carboxylic acids is 2. The quantitative estimate of drug-likeness (QED) is 0.181. The molecular weight excluding hydrogens is 582 g/mol. The second-order valence-electron chi connectivity index (χ2n) is 11.2. The van der Waals surface area contributed by atoms with E-state index in [9.17, 15) is 29.1 Å². The Morgan fingerprint density at radius 1 is 0.733 bits per heavy atom. The molecule has 0 aliphatic heterocycles. The number of amides is 3. The fourth-order valence-electron chi connectivity index (χ4n) is 4.27. The van der Waals surface area contributed by atoms with Crippen LogP contribution in [-0.4, -0.2) is 64.4 Å². The third-order valence-electron chi connectivity index (χ3n) is 6.30. The number of nitrogens with one attached hydrogen (secondary N) is 3. The molecule has 45 heavy (non-hydrogen) atoms. The van der Waals surface area contributed by atoms with Gasteiger partial charge in [0.1, 0.15) is 29.0 Å². The lowest BCUT2D eigenvalue weighted by Crippen LogP contribution is -2.55.